The molecule has 0 saturated carbocycles. The van der Waals surface area contributed by atoms with Crippen molar-refractivity contribution in [3.05, 3.63) is 112 Å². The highest BCUT2D eigenvalue weighted by atomic mass is 19.1. The van der Waals surface area contributed by atoms with E-state index in [0.29, 0.717) is 24.0 Å². The fourth-order valence-electron chi connectivity index (χ4n) is 4.00. The topological polar surface area (TPSA) is 45.9 Å². The van der Waals surface area contributed by atoms with Crippen molar-refractivity contribution < 1.29 is 9.13 Å². The normalized spacial score (nSPS) is 10.9. The zero-order valence-corrected chi connectivity index (χ0v) is 18.9. The van der Waals surface area contributed by atoms with Crippen molar-refractivity contribution in [2.45, 2.75) is 32.1 Å². The summed E-state index contributed by atoms with van der Waals surface area (Å²) in [6, 6.07) is 23.7. The number of aromatic nitrogens is 1. The molecule has 0 aliphatic carbocycles. The van der Waals surface area contributed by atoms with Crippen LogP contribution in [0.15, 0.2) is 72.9 Å². The Morgan fingerprint density at radius 3 is 2.30 bits per heavy atom. The van der Waals surface area contributed by atoms with Crippen molar-refractivity contribution in [3.63, 3.8) is 0 Å². The molecule has 4 aromatic rings. The number of hydrogen-bond donors (Lipinski definition) is 0. The van der Waals surface area contributed by atoms with Gasteiger partial charge in [-0.05, 0) is 77.9 Å². The van der Waals surface area contributed by atoms with Crippen LogP contribution in [0, 0.1) is 17.1 Å². The van der Waals surface area contributed by atoms with Crippen molar-refractivity contribution in [2.75, 3.05) is 13.7 Å². The quantitative estimate of drug-likeness (QED) is 0.322. The zero-order valence-electron chi connectivity index (χ0n) is 18.9. The number of rotatable bonds is 9. The molecule has 33 heavy (non-hydrogen) atoms. The van der Waals surface area contributed by atoms with Crippen LogP contribution in [0.25, 0.3) is 10.8 Å². The molecule has 3 aromatic carbocycles. The van der Waals surface area contributed by atoms with Gasteiger partial charge in [-0.25, -0.2) is 4.39 Å². The lowest BCUT2D eigenvalue weighted by molar-refractivity contribution is 0.202. The van der Waals surface area contributed by atoms with Gasteiger partial charge in [-0.1, -0.05) is 48.5 Å². The van der Waals surface area contributed by atoms with Crippen LogP contribution in [0.3, 0.4) is 0 Å². The molecule has 0 bridgehead atoms. The van der Waals surface area contributed by atoms with E-state index in [1.54, 1.807) is 19.2 Å². The van der Waals surface area contributed by atoms with E-state index in [0.717, 1.165) is 47.9 Å². The molecule has 0 amide bonds. The Morgan fingerprint density at radius 2 is 1.58 bits per heavy atom. The average Bonchev–Trinajstić information content (AvgIpc) is 2.86. The minimum Gasteiger partial charge on any atom is -0.384 e. The highest BCUT2D eigenvalue weighted by molar-refractivity contribution is 5.84. The van der Waals surface area contributed by atoms with E-state index in [1.165, 1.54) is 11.1 Å². The summed E-state index contributed by atoms with van der Waals surface area (Å²) in [6.07, 6.45) is 5.87. The fourth-order valence-corrected chi connectivity index (χ4v) is 4.00. The second-order valence-corrected chi connectivity index (χ2v) is 8.30. The maximum Gasteiger partial charge on any atom is 0.134 e. The van der Waals surface area contributed by atoms with Gasteiger partial charge in [-0.3, -0.25) is 4.98 Å². The monoisotopic (exact) mass is 438 g/mol. The number of hydrogen-bond acceptors (Lipinski definition) is 3. The Labute approximate surface area is 194 Å². The maximum atomic E-state index is 15.1. The molecule has 4 rings (SSSR count). The van der Waals surface area contributed by atoms with E-state index in [1.807, 2.05) is 42.6 Å². The number of aryl methyl sites for hydroxylation is 4. The molecule has 0 saturated heterocycles. The molecule has 0 unspecified atom stereocenters. The summed E-state index contributed by atoms with van der Waals surface area (Å²) in [6.45, 7) is 0.700. The molecule has 0 N–H and O–H groups in total. The van der Waals surface area contributed by atoms with Crippen molar-refractivity contribution in [1.29, 1.82) is 5.26 Å². The van der Waals surface area contributed by atoms with Gasteiger partial charge in [0.1, 0.15) is 5.82 Å². The summed E-state index contributed by atoms with van der Waals surface area (Å²) in [5, 5.41) is 10.5. The summed E-state index contributed by atoms with van der Waals surface area (Å²) in [4.78, 5) is 4.56. The number of fused-ring (bicyclic) bond motifs is 1. The van der Waals surface area contributed by atoms with E-state index in [9.17, 15) is 0 Å². The summed E-state index contributed by atoms with van der Waals surface area (Å²) < 4.78 is 20.2. The van der Waals surface area contributed by atoms with Crippen molar-refractivity contribution in [2.24, 2.45) is 0 Å². The molecule has 1 heterocycles. The molecule has 4 heteroatoms. The molecular formula is C29H27FN2O. The number of methoxy groups -OCH3 is 1. The molecule has 0 aliphatic heterocycles. The standard InChI is InChI=1S/C29H27FN2O/c1-33-17-16-24-8-14-27(32-20-24)13-7-22-9-15-28-26(18-22)12-11-25(29(28)30)10-6-21-2-4-23(19-31)5-3-21/h2-5,8-9,11-12,14-15,18,20H,6-7,10,13,16-17H2,1H3. The number of pyridine rings is 1. The lowest BCUT2D eigenvalue weighted by Gasteiger charge is -2.09. The first-order valence-electron chi connectivity index (χ1n) is 11.3. The lowest BCUT2D eigenvalue weighted by Crippen LogP contribution is -1.99. The predicted molar refractivity (Wildman–Crippen MR) is 130 cm³/mol. The van der Waals surface area contributed by atoms with Gasteiger partial charge in [0.2, 0.25) is 0 Å². The molecule has 0 radical (unpaired) electrons. The average molecular weight is 439 g/mol. The van der Waals surface area contributed by atoms with Crippen LogP contribution in [0.5, 0.6) is 0 Å². The Hall–Kier alpha value is -3.55. The van der Waals surface area contributed by atoms with Gasteiger partial charge >= 0.3 is 0 Å². The minimum atomic E-state index is -0.138. The Balaban J connectivity index is 1.40. The molecule has 0 aliphatic rings. The van der Waals surface area contributed by atoms with Crippen molar-refractivity contribution >= 4 is 10.8 Å². The third-order valence-electron chi connectivity index (χ3n) is 6.02. The number of benzene rings is 3. The van der Waals surface area contributed by atoms with E-state index in [-0.39, 0.29) is 5.82 Å². The SMILES string of the molecule is COCCc1ccc(CCc2ccc3c(F)c(CCc4ccc(C#N)cc4)ccc3c2)nc1. The number of ether oxygens (including phenoxy) is 1. The first kappa shape index (κ1) is 22.6. The molecule has 0 spiro atoms. The number of nitrogens with zero attached hydrogens (tertiary/aromatic N) is 2. The smallest absolute Gasteiger partial charge is 0.134 e. The van der Waals surface area contributed by atoms with Crippen LogP contribution in [-0.2, 0) is 36.8 Å². The molecule has 166 valence electrons. The van der Waals surface area contributed by atoms with Crippen LogP contribution in [0.4, 0.5) is 4.39 Å². The zero-order chi connectivity index (χ0) is 23.0. The second-order valence-electron chi connectivity index (χ2n) is 8.30. The summed E-state index contributed by atoms with van der Waals surface area (Å²) >= 11 is 0. The molecule has 3 nitrogen and oxygen atoms in total. The minimum absolute atomic E-state index is 0.138. The van der Waals surface area contributed by atoms with Gasteiger partial charge in [0.25, 0.3) is 0 Å². The second kappa shape index (κ2) is 10.8. The Bertz CT molecular complexity index is 1260. The van der Waals surface area contributed by atoms with Crippen LogP contribution in [0.1, 0.15) is 33.5 Å². The van der Waals surface area contributed by atoms with Crippen LogP contribution >= 0.6 is 0 Å². The highest BCUT2D eigenvalue weighted by Gasteiger charge is 2.09. The largest absolute Gasteiger partial charge is 0.384 e. The first-order valence-corrected chi connectivity index (χ1v) is 11.3. The number of halogens is 1. The Morgan fingerprint density at radius 1 is 0.818 bits per heavy atom. The lowest BCUT2D eigenvalue weighted by atomic mass is 9.97. The predicted octanol–water partition coefficient (Wildman–Crippen LogP) is 6.00. The third kappa shape index (κ3) is 5.83. The van der Waals surface area contributed by atoms with Crippen LogP contribution in [-0.4, -0.2) is 18.7 Å². The fraction of sp³-hybridized carbons (Fsp3) is 0.241. The highest BCUT2D eigenvalue weighted by Crippen LogP contribution is 2.24. The van der Waals surface area contributed by atoms with E-state index in [4.69, 9.17) is 10.00 Å². The maximum absolute atomic E-state index is 15.1. The van der Waals surface area contributed by atoms with Gasteiger partial charge in [-0.15, -0.1) is 0 Å². The van der Waals surface area contributed by atoms with Gasteiger partial charge in [0.15, 0.2) is 0 Å². The van der Waals surface area contributed by atoms with Crippen LogP contribution in [0.2, 0.25) is 0 Å². The summed E-state index contributed by atoms with van der Waals surface area (Å²) in [5.41, 5.74) is 5.87. The first-order chi connectivity index (χ1) is 16.2. The van der Waals surface area contributed by atoms with E-state index in [2.05, 4.69) is 29.3 Å². The Kier molecular flexibility index (Phi) is 7.44. The molecule has 0 atom stereocenters. The summed E-state index contributed by atoms with van der Waals surface area (Å²) in [5.74, 6) is -0.138. The van der Waals surface area contributed by atoms with Gasteiger partial charge in [-0.2, -0.15) is 5.26 Å². The van der Waals surface area contributed by atoms with Gasteiger partial charge in [0.05, 0.1) is 18.2 Å². The molecule has 0 fully saturated rings. The van der Waals surface area contributed by atoms with Gasteiger partial charge in [0, 0.05) is 24.4 Å². The van der Waals surface area contributed by atoms with Crippen LogP contribution < -0.4 is 0 Å². The van der Waals surface area contributed by atoms with Crippen molar-refractivity contribution in [3.8, 4) is 6.07 Å². The van der Waals surface area contributed by atoms with Gasteiger partial charge < -0.3 is 4.74 Å². The summed E-state index contributed by atoms with van der Waals surface area (Å²) in [7, 11) is 1.70. The van der Waals surface area contributed by atoms with E-state index >= 15 is 4.39 Å². The number of nitriles is 1. The molecule has 1 aromatic heterocycles. The van der Waals surface area contributed by atoms with E-state index < -0.39 is 0 Å². The third-order valence-corrected chi connectivity index (χ3v) is 6.02. The van der Waals surface area contributed by atoms with Crippen molar-refractivity contribution in [1.82, 2.24) is 4.98 Å². The molecular weight excluding hydrogens is 411 g/mol.